The molecular weight excluding hydrogens is 310 g/mol. The third-order valence-electron chi connectivity index (χ3n) is 4.73. The second kappa shape index (κ2) is 5.61. The first kappa shape index (κ1) is 16.5. The van der Waals surface area contributed by atoms with Gasteiger partial charge in [0.1, 0.15) is 12.1 Å². The summed E-state index contributed by atoms with van der Waals surface area (Å²) in [7, 11) is 1.91. The third kappa shape index (κ3) is 2.65. The summed E-state index contributed by atoms with van der Waals surface area (Å²) in [5.41, 5.74) is 2.15. The smallest absolute Gasteiger partial charge is 0.325 e. The highest BCUT2D eigenvalue weighted by Crippen LogP contribution is 2.31. The van der Waals surface area contributed by atoms with Crippen LogP contribution in [0.15, 0.2) is 0 Å². The molecule has 0 radical (unpaired) electrons. The SMILES string of the molecule is Cc1nn(C)c2c1C(NC(=O)CN1C(=O)NC(C)(C)C1=O)CCC2. The lowest BCUT2D eigenvalue weighted by Gasteiger charge is -2.25. The van der Waals surface area contributed by atoms with E-state index in [1.54, 1.807) is 13.8 Å². The summed E-state index contributed by atoms with van der Waals surface area (Å²) in [6.45, 7) is 4.91. The van der Waals surface area contributed by atoms with Gasteiger partial charge in [0.15, 0.2) is 0 Å². The number of hydrogen-bond donors (Lipinski definition) is 2. The second-order valence-electron chi connectivity index (χ2n) is 7.03. The maximum absolute atomic E-state index is 12.4. The summed E-state index contributed by atoms with van der Waals surface area (Å²) >= 11 is 0. The molecule has 2 heterocycles. The molecule has 0 aromatic carbocycles. The van der Waals surface area contributed by atoms with Crippen LogP contribution in [0.4, 0.5) is 4.79 Å². The average Bonchev–Trinajstić information content (AvgIpc) is 2.88. The van der Waals surface area contributed by atoms with E-state index < -0.39 is 11.6 Å². The van der Waals surface area contributed by atoms with E-state index in [1.807, 2.05) is 18.7 Å². The lowest BCUT2D eigenvalue weighted by Crippen LogP contribution is -2.44. The molecule has 1 aromatic rings. The number of amides is 4. The first-order valence-corrected chi connectivity index (χ1v) is 8.16. The molecule has 1 aromatic heterocycles. The number of aryl methyl sites for hydroxylation is 2. The van der Waals surface area contributed by atoms with Crippen molar-refractivity contribution in [2.24, 2.45) is 7.05 Å². The number of imide groups is 1. The Labute approximate surface area is 140 Å². The molecule has 1 atom stereocenters. The van der Waals surface area contributed by atoms with Gasteiger partial charge in [-0.15, -0.1) is 0 Å². The normalized spacial score (nSPS) is 22.3. The van der Waals surface area contributed by atoms with Gasteiger partial charge in [-0.1, -0.05) is 0 Å². The van der Waals surface area contributed by atoms with Crippen LogP contribution in [0.3, 0.4) is 0 Å². The quantitative estimate of drug-likeness (QED) is 0.790. The van der Waals surface area contributed by atoms with E-state index in [2.05, 4.69) is 15.7 Å². The maximum atomic E-state index is 12.4. The Balaban J connectivity index is 1.71. The first-order valence-electron chi connectivity index (χ1n) is 8.16. The van der Waals surface area contributed by atoms with Crippen molar-refractivity contribution in [3.8, 4) is 0 Å². The molecule has 0 bridgehead atoms. The van der Waals surface area contributed by atoms with Crippen LogP contribution in [-0.2, 0) is 23.1 Å². The van der Waals surface area contributed by atoms with Crippen LogP contribution in [0.1, 0.15) is 49.7 Å². The van der Waals surface area contributed by atoms with Crippen molar-refractivity contribution in [3.05, 3.63) is 17.0 Å². The molecule has 130 valence electrons. The predicted molar refractivity (Wildman–Crippen MR) is 86.1 cm³/mol. The molecule has 0 saturated carbocycles. The van der Waals surface area contributed by atoms with Crippen LogP contribution >= 0.6 is 0 Å². The molecule has 2 aliphatic rings. The highest BCUT2D eigenvalue weighted by atomic mass is 16.2. The number of nitrogens with one attached hydrogen (secondary N) is 2. The van der Waals surface area contributed by atoms with Crippen LogP contribution < -0.4 is 10.6 Å². The fourth-order valence-electron chi connectivity index (χ4n) is 3.58. The highest BCUT2D eigenvalue weighted by molar-refractivity contribution is 6.08. The van der Waals surface area contributed by atoms with Crippen molar-refractivity contribution in [2.75, 3.05) is 6.54 Å². The molecule has 4 amide bonds. The Kier molecular flexibility index (Phi) is 3.85. The van der Waals surface area contributed by atoms with Crippen LogP contribution in [0.2, 0.25) is 0 Å². The molecule has 8 heteroatoms. The summed E-state index contributed by atoms with van der Waals surface area (Å²) in [6, 6.07) is -0.647. The van der Waals surface area contributed by atoms with Gasteiger partial charge in [-0.3, -0.25) is 19.2 Å². The Hall–Kier alpha value is -2.38. The van der Waals surface area contributed by atoms with Crippen LogP contribution in [0.25, 0.3) is 0 Å². The third-order valence-corrected chi connectivity index (χ3v) is 4.73. The summed E-state index contributed by atoms with van der Waals surface area (Å²) in [5.74, 6) is -0.721. The van der Waals surface area contributed by atoms with Gasteiger partial charge in [0.2, 0.25) is 5.91 Å². The average molecular weight is 333 g/mol. The van der Waals surface area contributed by atoms with Gasteiger partial charge in [0.05, 0.1) is 11.7 Å². The lowest BCUT2D eigenvalue weighted by atomic mass is 9.91. The number of aromatic nitrogens is 2. The lowest BCUT2D eigenvalue weighted by molar-refractivity contribution is -0.134. The molecule has 8 nitrogen and oxygen atoms in total. The fourth-order valence-corrected chi connectivity index (χ4v) is 3.58. The number of hydrogen-bond acceptors (Lipinski definition) is 4. The molecule has 1 aliphatic heterocycles. The number of nitrogens with zero attached hydrogens (tertiary/aromatic N) is 3. The van der Waals surface area contributed by atoms with Gasteiger partial charge in [-0.2, -0.15) is 5.10 Å². The predicted octanol–water partition coefficient (Wildman–Crippen LogP) is 0.553. The van der Waals surface area contributed by atoms with Crippen LogP contribution in [0.5, 0.6) is 0 Å². The van der Waals surface area contributed by atoms with Crippen molar-refractivity contribution in [1.29, 1.82) is 0 Å². The van der Waals surface area contributed by atoms with Gasteiger partial charge < -0.3 is 10.6 Å². The number of carbonyl (C=O) groups is 3. The minimum Gasteiger partial charge on any atom is -0.348 e. The monoisotopic (exact) mass is 333 g/mol. The molecular formula is C16H23N5O3. The molecule has 24 heavy (non-hydrogen) atoms. The van der Waals surface area contributed by atoms with Crippen molar-refractivity contribution < 1.29 is 14.4 Å². The fraction of sp³-hybridized carbons (Fsp3) is 0.625. The standard InChI is InChI=1S/C16H23N5O3/c1-9-13-10(6-5-7-11(13)20(4)19-9)17-12(22)8-21-14(23)16(2,3)18-15(21)24/h10H,5-8H2,1-4H3,(H,17,22)(H,18,24). The summed E-state index contributed by atoms with van der Waals surface area (Å²) in [5, 5.41) is 9.97. The van der Waals surface area contributed by atoms with E-state index in [4.69, 9.17) is 0 Å². The number of carbonyl (C=O) groups excluding carboxylic acids is 3. The number of rotatable bonds is 3. The zero-order chi connectivity index (χ0) is 17.6. The Morgan fingerprint density at radius 2 is 2.12 bits per heavy atom. The molecule has 3 rings (SSSR count). The zero-order valence-corrected chi connectivity index (χ0v) is 14.5. The highest BCUT2D eigenvalue weighted by Gasteiger charge is 2.45. The minimum atomic E-state index is -0.963. The number of fused-ring (bicyclic) bond motifs is 1. The van der Waals surface area contributed by atoms with Crippen molar-refractivity contribution >= 4 is 17.8 Å². The molecule has 2 N–H and O–H groups in total. The molecule has 1 saturated heterocycles. The van der Waals surface area contributed by atoms with Crippen molar-refractivity contribution in [2.45, 2.75) is 51.6 Å². The first-order chi connectivity index (χ1) is 11.2. The molecule has 0 spiro atoms. The Morgan fingerprint density at radius 3 is 2.75 bits per heavy atom. The second-order valence-corrected chi connectivity index (χ2v) is 7.03. The van der Waals surface area contributed by atoms with E-state index in [1.165, 1.54) is 0 Å². The maximum Gasteiger partial charge on any atom is 0.325 e. The summed E-state index contributed by atoms with van der Waals surface area (Å²) < 4.78 is 1.86. The molecule has 1 aliphatic carbocycles. The largest absolute Gasteiger partial charge is 0.348 e. The van der Waals surface area contributed by atoms with E-state index >= 15 is 0 Å². The number of urea groups is 1. The van der Waals surface area contributed by atoms with Crippen molar-refractivity contribution in [3.63, 3.8) is 0 Å². The summed E-state index contributed by atoms with van der Waals surface area (Å²) in [6.07, 6.45) is 2.74. The van der Waals surface area contributed by atoms with E-state index in [0.29, 0.717) is 0 Å². The summed E-state index contributed by atoms with van der Waals surface area (Å²) in [4.78, 5) is 37.4. The Morgan fingerprint density at radius 1 is 1.42 bits per heavy atom. The van der Waals surface area contributed by atoms with Gasteiger partial charge in [0.25, 0.3) is 5.91 Å². The van der Waals surface area contributed by atoms with Crippen LogP contribution in [0, 0.1) is 6.92 Å². The van der Waals surface area contributed by atoms with Crippen molar-refractivity contribution in [1.82, 2.24) is 25.3 Å². The van der Waals surface area contributed by atoms with Gasteiger partial charge >= 0.3 is 6.03 Å². The van der Waals surface area contributed by atoms with Gasteiger partial charge in [-0.25, -0.2) is 4.79 Å². The van der Waals surface area contributed by atoms with E-state index in [9.17, 15) is 14.4 Å². The van der Waals surface area contributed by atoms with Crippen LogP contribution in [-0.4, -0.2) is 44.6 Å². The topological polar surface area (TPSA) is 96.3 Å². The molecule has 1 fully saturated rings. The van der Waals surface area contributed by atoms with Gasteiger partial charge in [-0.05, 0) is 40.0 Å². The minimum absolute atomic E-state index is 0.122. The van der Waals surface area contributed by atoms with Gasteiger partial charge in [0, 0.05) is 18.3 Å². The van der Waals surface area contributed by atoms with E-state index in [-0.39, 0.29) is 24.4 Å². The zero-order valence-electron chi connectivity index (χ0n) is 14.5. The Bertz CT molecular complexity index is 722. The van der Waals surface area contributed by atoms with E-state index in [0.717, 1.165) is 41.1 Å². The molecule has 1 unspecified atom stereocenters.